The van der Waals surface area contributed by atoms with Crippen LogP contribution in [0.15, 0.2) is 76.1 Å². The van der Waals surface area contributed by atoms with Crippen LogP contribution in [0.3, 0.4) is 0 Å². The van der Waals surface area contributed by atoms with Crippen LogP contribution in [-0.4, -0.2) is 25.2 Å². The Bertz CT molecular complexity index is 1780. The molecule has 9 nitrogen and oxygen atoms in total. The Morgan fingerprint density at radius 2 is 1.79 bits per heavy atom. The van der Waals surface area contributed by atoms with Gasteiger partial charge in [0.25, 0.3) is 5.69 Å². The molecular formula is C24H14N4O5. The monoisotopic (exact) mass is 438 g/mol. The minimum Gasteiger partial charge on any atom is -0.506 e. The zero-order valence-electron chi connectivity index (χ0n) is 16.8. The summed E-state index contributed by atoms with van der Waals surface area (Å²) in [6.07, 6.45) is 1.67. The van der Waals surface area contributed by atoms with Gasteiger partial charge in [-0.25, -0.2) is 4.79 Å². The van der Waals surface area contributed by atoms with Gasteiger partial charge in [0.15, 0.2) is 0 Å². The fourth-order valence-electron chi connectivity index (χ4n) is 4.27. The van der Waals surface area contributed by atoms with Crippen molar-refractivity contribution in [2.45, 2.75) is 0 Å². The number of nitrogens with zero attached hydrogens (tertiary/aromatic N) is 2. The number of nitro groups is 1. The number of benzene rings is 3. The summed E-state index contributed by atoms with van der Waals surface area (Å²) < 4.78 is 5.54. The summed E-state index contributed by atoms with van der Waals surface area (Å²) in [7, 11) is 0. The molecule has 9 heteroatoms. The Labute approximate surface area is 184 Å². The smallest absolute Gasteiger partial charge is 0.348 e. The molecule has 0 saturated heterocycles. The highest BCUT2D eigenvalue weighted by atomic mass is 16.6. The molecule has 3 aromatic heterocycles. The lowest BCUT2D eigenvalue weighted by Crippen LogP contribution is -2.04. The van der Waals surface area contributed by atoms with Crippen molar-refractivity contribution in [3.05, 3.63) is 87.4 Å². The first kappa shape index (κ1) is 18.8. The molecule has 0 saturated carbocycles. The van der Waals surface area contributed by atoms with Gasteiger partial charge in [0, 0.05) is 34.0 Å². The maximum absolute atomic E-state index is 13.1. The molecule has 6 rings (SSSR count). The lowest BCUT2D eigenvalue weighted by molar-refractivity contribution is -0.384. The second kappa shape index (κ2) is 6.79. The van der Waals surface area contributed by atoms with Crippen LogP contribution in [0, 0.1) is 10.1 Å². The van der Waals surface area contributed by atoms with E-state index in [2.05, 4.69) is 15.2 Å². The number of fused-ring (bicyclic) bond motifs is 4. The van der Waals surface area contributed by atoms with Crippen LogP contribution in [0.5, 0.6) is 5.75 Å². The summed E-state index contributed by atoms with van der Waals surface area (Å²) >= 11 is 0. The van der Waals surface area contributed by atoms with E-state index in [1.54, 1.807) is 42.6 Å². The minimum absolute atomic E-state index is 0.00426. The van der Waals surface area contributed by atoms with Crippen LogP contribution in [0.2, 0.25) is 0 Å². The van der Waals surface area contributed by atoms with E-state index in [1.165, 1.54) is 12.1 Å². The van der Waals surface area contributed by atoms with Crippen molar-refractivity contribution in [3.63, 3.8) is 0 Å². The second-order valence-electron chi connectivity index (χ2n) is 7.61. The third-order valence-corrected chi connectivity index (χ3v) is 5.78. The number of aromatic amines is 2. The molecule has 3 heterocycles. The van der Waals surface area contributed by atoms with Crippen LogP contribution in [0.1, 0.15) is 0 Å². The van der Waals surface area contributed by atoms with Gasteiger partial charge in [0.1, 0.15) is 16.9 Å². The average molecular weight is 438 g/mol. The molecule has 0 radical (unpaired) electrons. The highest BCUT2D eigenvalue weighted by molar-refractivity contribution is 6.17. The molecular weight excluding hydrogens is 424 g/mol. The van der Waals surface area contributed by atoms with Crippen LogP contribution in [0.25, 0.3) is 55.2 Å². The average Bonchev–Trinajstić information content (AvgIpc) is 3.44. The fourth-order valence-corrected chi connectivity index (χ4v) is 4.27. The van der Waals surface area contributed by atoms with Crippen LogP contribution < -0.4 is 5.63 Å². The summed E-state index contributed by atoms with van der Waals surface area (Å²) in [5.74, 6) is -0.206. The first-order valence-electron chi connectivity index (χ1n) is 10.0. The number of H-pyrrole nitrogens is 2. The third-order valence-electron chi connectivity index (χ3n) is 5.78. The van der Waals surface area contributed by atoms with Crippen molar-refractivity contribution in [2.75, 3.05) is 0 Å². The van der Waals surface area contributed by atoms with Gasteiger partial charge >= 0.3 is 5.63 Å². The highest BCUT2D eigenvalue weighted by Crippen LogP contribution is 2.44. The number of hydrogen-bond donors (Lipinski definition) is 3. The summed E-state index contributed by atoms with van der Waals surface area (Å²) in [5.41, 5.74) is 2.42. The SMILES string of the molecule is O=c1oc2ccccc2c(O)c1-c1c(-c2ccc([N+](=O)[O-])cc2)[nH]c2ccc3cn[nH]c3c12. The molecule has 0 fully saturated rings. The molecule has 0 spiro atoms. The Morgan fingerprint density at radius 3 is 2.58 bits per heavy atom. The maximum Gasteiger partial charge on any atom is 0.348 e. The minimum atomic E-state index is -0.702. The Morgan fingerprint density at radius 1 is 1.00 bits per heavy atom. The Hall–Kier alpha value is -4.92. The summed E-state index contributed by atoms with van der Waals surface area (Å²) in [4.78, 5) is 27.1. The largest absolute Gasteiger partial charge is 0.506 e. The van der Waals surface area contributed by atoms with Gasteiger partial charge in [-0.1, -0.05) is 12.1 Å². The van der Waals surface area contributed by atoms with Crippen LogP contribution in [0.4, 0.5) is 5.69 Å². The number of non-ortho nitro benzene ring substituents is 1. The van der Waals surface area contributed by atoms with Gasteiger partial charge in [-0.15, -0.1) is 0 Å². The number of rotatable bonds is 3. The van der Waals surface area contributed by atoms with Gasteiger partial charge in [0.05, 0.1) is 27.7 Å². The number of aromatic hydroxyl groups is 1. The predicted molar refractivity (Wildman–Crippen MR) is 123 cm³/mol. The molecule has 0 unspecified atom stereocenters. The van der Waals surface area contributed by atoms with Crippen molar-refractivity contribution < 1.29 is 14.4 Å². The van der Waals surface area contributed by atoms with E-state index in [0.717, 1.165) is 5.39 Å². The van der Waals surface area contributed by atoms with Crippen molar-refractivity contribution in [1.29, 1.82) is 0 Å². The van der Waals surface area contributed by atoms with Crippen molar-refractivity contribution >= 4 is 38.5 Å². The van der Waals surface area contributed by atoms with Crippen molar-refractivity contribution in [1.82, 2.24) is 15.2 Å². The van der Waals surface area contributed by atoms with E-state index in [1.807, 2.05) is 12.1 Å². The van der Waals surface area contributed by atoms with Crippen LogP contribution >= 0.6 is 0 Å². The van der Waals surface area contributed by atoms with Crippen molar-refractivity contribution in [3.8, 4) is 28.1 Å². The standard InChI is InChI=1S/C24H14N4O5/c29-23-15-3-1-2-4-17(15)33-24(30)20(23)19-18-16(10-7-13-11-25-27-22(13)18)26-21(19)12-5-8-14(9-6-12)28(31)32/h1-11,26,29H,(H,25,27). The quantitative estimate of drug-likeness (QED) is 0.200. The number of aromatic nitrogens is 3. The number of para-hydroxylation sites is 1. The second-order valence-corrected chi connectivity index (χ2v) is 7.61. The van der Waals surface area contributed by atoms with E-state index in [9.17, 15) is 20.0 Å². The van der Waals surface area contributed by atoms with Gasteiger partial charge < -0.3 is 14.5 Å². The van der Waals surface area contributed by atoms with Gasteiger partial charge in [0.2, 0.25) is 0 Å². The molecule has 0 aliphatic heterocycles. The topological polar surface area (TPSA) is 138 Å². The van der Waals surface area contributed by atoms with Crippen molar-refractivity contribution in [2.24, 2.45) is 0 Å². The first-order valence-corrected chi connectivity index (χ1v) is 10.0. The van der Waals surface area contributed by atoms with Gasteiger partial charge in [-0.05, 0) is 42.0 Å². The predicted octanol–water partition coefficient (Wildman–Crippen LogP) is 5.10. The summed E-state index contributed by atoms with van der Waals surface area (Å²) in [6.45, 7) is 0. The molecule has 3 aromatic carbocycles. The Kier molecular flexibility index (Phi) is 3.87. The normalized spacial score (nSPS) is 11.5. The number of hydrogen-bond acceptors (Lipinski definition) is 6. The number of nitrogens with one attached hydrogen (secondary N) is 2. The molecule has 33 heavy (non-hydrogen) atoms. The fraction of sp³-hybridized carbons (Fsp3) is 0. The van der Waals surface area contributed by atoms with Crippen LogP contribution in [-0.2, 0) is 0 Å². The summed E-state index contributed by atoms with van der Waals surface area (Å²) in [5, 5.41) is 31.2. The Balaban J connectivity index is 1.76. The van der Waals surface area contributed by atoms with E-state index < -0.39 is 10.5 Å². The molecule has 0 amide bonds. The molecule has 3 N–H and O–H groups in total. The van der Waals surface area contributed by atoms with E-state index >= 15 is 0 Å². The zero-order chi connectivity index (χ0) is 22.7. The molecule has 0 aliphatic rings. The molecule has 160 valence electrons. The summed E-state index contributed by atoms with van der Waals surface area (Å²) in [6, 6.07) is 16.4. The van der Waals surface area contributed by atoms with E-state index in [-0.39, 0.29) is 22.6 Å². The zero-order valence-corrected chi connectivity index (χ0v) is 16.8. The van der Waals surface area contributed by atoms with E-state index in [4.69, 9.17) is 4.42 Å². The number of nitro benzene ring substituents is 1. The first-order chi connectivity index (χ1) is 16.0. The molecule has 6 aromatic rings. The lowest BCUT2D eigenvalue weighted by Gasteiger charge is -2.09. The molecule has 0 atom stereocenters. The van der Waals surface area contributed by atoms with Gasteiger partial charge in [-0.2, -0.15) is 5.10 Å². The molecule has 0 bridgehead atoms. The highest BCUT2D eigenvalue weighted by Gasteiger charge is 2.25. The third kappa shape index (κ3) is 2.72. The van der Waals surface area contributed by atoms with E-state index in [0.29, 0.717) is 38.6 Å². The lowest BCUT2D eigenvalue weighted by atomic mass is 9.96. The maximum atomic E-state index is 13.1. The van der Waals surface area contributed by atoms with Gasteiger partial charge in [-0.3, -0.25) is 15.2 Å². The molecule has 0 aliphatic carbocycles.